The van der Waals surface area contributed by atoms with Crippen LogP contribution in [0, 0.1) is 0 Å². The van der Waals surface area contributed by atoms with Gasteiger partial charge in [-0.15, -0.1) is 0 Å². The van der Waals surface area contributed by atoms with E-state index in [9.17, 15) is 9.59 Å². The molecule has 29 heavy (non-hydrogen) atoms. The minimum absolute atomic E-state index is 0.0559. The van der Waals surface area contributed by atoms with Crippen molar-refractivity contribution < 1.29 is 23.8 Å². The lowest BCUT2D eigenvalue weighted by atomic mass is 10.1. The summed E-state index contributed by atoms with van der Waals surface area (Å²) in [6.07, 6.45) is 3.11. The summed E-state index contributed by atoms with van der Waals surface area (Å²) in [4.78, 5) is 26.3. The van der Waals surface area contributed by atoms with Crippen molar-refractivity contribution in [3.05, 3.63) is 48.0 Å². The minimum Gasteiger partial charge on any atom is -0.493 e. The maximum absolute atomic E-state index is 12.2. The zero-order valence-corrected chi connectivity index (χ0v) is 17.2. The highest BCUT2D eigenvalue weighted by Gasteiger charge is 2.17. The second-order valence-corrected chi connectivity index (χ2v) is 7.38. The number of carbonyl (C=O) groups excluding carboxylic acids is 2. The SMILES string of the molecule is COc1cc(/C=C/C(=O)Nc2ccc(SC(=O)N(C)C)cc2)cc2c1OCCO2. The van der Waals surface area contributed by atoms with Crippen LogP contribution >= 0.6 is 11.8 Å². The van der Waals surface area contributed by atoms with Gasteiger partial charge in [-0.25, -0.2) is 0 Å². The zero-order chi connectivity index (χ0) is 20.8. The third-order valence-electron chi connectivity index (χ3n) is 3.97. The van der Waals surface area contributed by atoms with Crippen LogP contribution in [-0.4, -0.2) is 50.5 Å². The van der Waals surface area contributed by atoms with E-state index < -0.39 is 0 Å². The molecular weight excluding hydrogens is 392 g/mol. The number of amides is 2. The second-order valence-electron chi connectivity index (χ2n) is 6.36. The smallest absolute Gasteiger partial charge is 0.285 e. The van der Waals surface area contributed by atoms with E-state index in [-0.39, 0.29) is 11.1 Å². The molecule has 1 N–H and O–H groups in total. The number of rotatable bonds is 5. The van der Waals surface area contributed by atoms with Crippen LogP contribution in [0.1, 0.15) is 5.56 Å². The van der Waals surface area contributed by atoms with Gasteiger partial charge in [0.15, 0.2) is 11.5 Å². The third-order valence-corrected chi connectivity index (χ3v) is 5.02. The molecule has 2 aromatic carbocycles. The summed E-state index contributed by atoms with van der Waals surface area (Å²) in [5, 5.41) is 2.73. The number of methoxy groups -OCH3 is 1. The molecule has 0 atom stereocenters. The lowest BCUT2D eigenvalue weighted by Gasteiger charge is -2.20. The molecule has 0 fully saturated rings. The highest BCUT2D eigenvalue weighted by Crippen LogP contribution is 2.40. The lowest BCUT2D eigenvalue weighted by molar-refractivity contribution is -0.111. The molecule has 2 amide bonds. The first-order chi connectivity index (χ1) is 14.0. The standard InChI is InChI=1S/C21H22N2O5S/c1-23(2)21(25)29-16-7-5-15(6-8-16)22-19(24)9-4-14-12-17(26-3)20-18(13-14)27-10-11-28-20/h4-9,12-13H,10-11H2,1-3H3,(H,22,24)/b9-4+. The van der Waals surface area contributed by atoms with Crippen LogP contribution in [0.3, 0.4) is 0 Å². The van der Waals surface area contributed by atoms with Crippen LogP contribution in [0.5, 0.6) is 17.2 Å². The molecule has 152 valence electrons. The number of nitrogens with zero attached hydrogens (tertiary/aromatic N) is 1. The highest BCUT2D eigenvalue weighted by atomic mass is 32.2. The number of nitrogens with one attached hydrogen (secondary N) is 1. The molecule has 0 saturated carbocycles. The predicted octanol–water partition coefficient (Wildman–Crippen LogP) is 3.89. The van der Waals surface area contributed by atoms with Crippen LogP contribution in [0.15, 0.2) is 47.4 Å². The van der Waals surface area contributed by atoms with E-state index in [2.05, 4.69) is 5.32 Å². The van der Waals surface area contributed by atoms with Gasteiger partial charge in [0.1, 0.15) is 13.2 Å². The van der Waals surface area contributed by atoms with E-state index in [4.69, 9.17) is 14.2 Å². The van der Waals surface area contributed by atoms with Crippen LogP contribution in [0.25, 0.3) is 6.08 Å². The van der Waals surface area contributed by atoms with Gasteiger partial charge in [0, 0.05) is 30.8 Å². The summed E-state index contributed by atoms with van der Waals surface area (Å²) in [7, 11) is 4.96. The van der Waals surface area contributed by atoms with Gasteiger partial charge in [0.05, 0.1) is 7.11 Å². The van der Waals surface area contributed by atoms with Gasteiger partial charge < -0.3 is 24.4 Å². The van der Waals surface area contributed by atoms with Crippen molar-refractivity contribution >= 4 is 34.7 Å². The Morgan fingerprint density at radius 3 is 2.55 bits per heavy atom. The number of ether oxygens (including phenoxy) is 3. The summed E-state index contributed by atoms with van der Waals surface area (Å²) >= 11 is 1.13. The number of benzene rings is 2. The van der Waals surface area contributed by atoms with Gasteiger partial charge in [-0.05, 0) is 59.8 Å². The van der Waals surface area contributed by atoms with Crippen LogP contribution in [0.4, 0.5) is 10.5 Å². The van der Waals surface area contributed by atoms with Crippen molar-refractivity contribution in [2.45, 2.75) is 4.90 Å². The molecule has 0 bridgehead atoms. The summed E-state index contributed by atoms with van der Waals surface area (Å²) in [6, 6.07) is 10.7. The average Bonchev–Trinajstić information content (AvgIpc) is 2.73. The van der Waals surface area contributed by atoms with E-state index in [0.29, 0.717) is 36.1 Å². The Balaban J connectivity index is 1.63. The number of hydrogen-bond acceptors (Lipinski definition) is 6. The van der Waals surface area contributed by atoms with Crippen LogP contribution < -0.4 is 19.5 Å². The largest absolute Gasteiger partial charge is 0.493 e. The van der Waals surface area contributed by atoms with E-state index in [0.717, 1.165) is 22.2 Å². The molecule has 0 saturated heterocycles. The van der Waals surface area contributed by atoms with Crippen molar-refractivity contribution in [1.82, 2.24) is 4.90 Å². The van der Waals surface area contributed by atoms with Gasteiger partial charge in [0.25, 0.3) is 5.24 Å². The van der Waals surface area contributed by atoms with Gasteiger partial charge in [-0.3, -0.25) is 9.59 Å². The molecule has 1 aliphatic heterocycles. The molecule has 0 aliphatic carbocycles. The van der Waals surface area contributed by atoms with Gasteiger partial charge >= 0.3 is 0 Å². The Bertz CT molecular complexity index is 908. The van der Waals surface area contributed by atoms with E-state index in [1.165, 1.54) is 11.0 Å². The Hall–Kier alpha value is -3.13. The van der Waals surface area contributed by atoms with E-state index >= 15 is 0 Å². The summed E-state index contributed by atoms with van der Waals surface area (Å²) < 4.78 is 16.5. The number of fused-ring (bicyclic) bond motifs is 1. The first-order valence-corrected chi connectivity index (χ1v) is 9.74. The number of thioether (sulfide) groups is 1. The normalized spacial score (nSPS) is 12.5. The average molecular weight is 414 g/mol. The molecule has 0 aromatic heterocycles. The lowest BCUT2D eigenvalue weighted by Crippen LogP contribution is -2.16. The summed E-state index contributed by atoms with van der Waals surface area (Å²) in [6.45, 7) is 0.944. The Labute approximate surface area is 173 Å². The predicted molar refractivity (Wildman–Crippen MR) is 113 cm³/mol. The second kappa shape index (κ2) is 9.38. The Morgan fingerprint density at radius 2 is 1.86 bits per heavy atom. The minimum atomic E-state index is -0.274. The van der Waals surface area contributed by atoms with Crippen molar-refractivity contribution in [2.24, 2.45) is 0 Å². The van der Waals surface area contributed by atoms with Gasteiger partial charge in [-0.2, -0.15) is 0 Å². The molecule has 2 aromatic rings. The maximum atomic E-state index is 12.2. The molecule has 0 spiro atoms. The van der Waals surface area contributed by atoms with Crippen LogP contribution in [-0.2, 0) is 4.79 Å². The Morgan fingerprint density at radius 1 is 1.14 bits per heavy atom. The molecule has 3 rings (SSSR count). The fourth-order valence-corrected chi connectivity index (χ4v) is 3.20. The van der Waals surface area contributed by atoms with Crippen molar-refractivity contribution in [3.63, 3.8) is 0 Å². The first-order valence-electron chi connectivity index (χ1n) is 8.92. The molecule has 0 unspecified atom stereocenters. The first kappa shape index (κ1) is 20.6. The number of carbonyl (C=O) groups is 2. The molecule has 1 aliphatic rings. The molecule has 0 radical (unpaired) electrons. The molecule has 8 heteroatoms. The monoisotopic (exact) mass is 414 g/mol. The van der Waals surface area contributed by atoms with Gasteiger partial charge in [0.2, 0.25) is 11.7 Å². The van der Waals surface area contributed by atoms with Crippen molar-refractivity contribution in [2.75, 3.05) is 39.7 Å². The quantitative estimate of drug-likeness (QED) is 0.591. The number of hydrogen-bond donors (Lipinski definition) is 1. The van der Waals surface area contributed by atoms with Crippen LogP contribution in [0.2, 0.25) is 0 Å². The summed E-state index contributed by atoms with van der Waals surface area (Å²) in [5.41, 5.74) is 1.40. The zero-order valence-electron chi connectivity index (χ0n) is 16.4. The molecule has 1 heterocycles. The van der Waals surface area contributed by atoms with Crippen molar-refractivity contribution in [3.8, 4) is 17.2 Å². The summed E-state index contributed by atoms with van der Waals surface area (Å²) in [5.74, 6) is 1.45. The maximum Gasteiger partial charge on any atom is 0.285 e. The Kier molecular flexibility index (Phi) is 6.66. The topological polar surface area (TPSA) is 77.1 Å². The number of anilines is 1. The van der Waals surface area contributed by atoms with Crippen molar-refractivity contribution in [1.29, 1.82) is 0 Å². The fraction of sp³-hybridized carbons (Fsp3) is 0.238. The third kappa shape index (κ3) is 5.45. The van der Waals surface area contributed by atoms with Gasteiger partial charge in [-0.1, -0.05) is 0 Å². The van der Waals surface area contributed by atoms with E-state index in [1.54, 1.807) is 63.7 Å². The highest BCUT2D eigenvalue weighted by molar-refractivity contribution is 8.13. The van der Waals surface area contributed by atoms with E-state index in [1.807, 2.05) is 0 Å². The fourth-order valence-electron chi connectivity index (χ4n) is 2.54. The molecular formula is C21H22N2O5S. The molecule has 7 nitrogen and oxygen atoms in total.